The SMILES string of the molecule is CN(C)c1cc(N(C)CP(=O)(O)O)cc(N(CP(=O)(O)O)CP(=O)(O)O)c1. The van der Waals surface area contributed by atoms with Crippen LogP contribution in [-0.4, -0.2) is 69.4 Å². The van der Waals surface area contributed by atoms with E-state index in [1.54, 1.807) is 25.1 Å². The molecule has 12 nitrogen and oxygen atoms in total. The molecule has 0 heterocycles. The molecule has 0 saturated carbocycles. The molecule has 1 aromatic rings. The third kappa shape index (κ3) is 9.21. The first-order valence-corrected chi connectivity index (χ1v) is 12.8. The van der Waals surface area contributed by atoms with Gasteiger partial charge in [-0.1, -0.05) is 0 Å². The molecular weight excluding hydrogens is 423 g/mol. The summed E-state index contributed by atoms with van der Waals surface area (Å²) in [7, 11) is -8.94. The van der Waals surface area contributed by atoms with E-state index in [4.69, 9.17) is 9.79 Å². The van der Waals surface area contributed by atoms with E-state index in [1.165, 1.54) is 24.1 Å². The molecule has 156 valence electrons. The van der Waals surface area contributed by atoms with E-state index < -0.39 is 41.6 Å². The van der Waals surface area contributed by atoms with Crippen molar-refractivity contribution < 1.29 is 43.1 Å². The lowest BCUT2D eigenvalue weighted by Gasteiger charge is -2.29. The number of benzene rings is 1. The van der Waals surface area contributed by atoms with Crippen molar-refractivity contribution in [2.45, 2.75) is 0 Å². The van der Waals surface area contributed by atoms with Crippen LogP contribution in [0.25, 0.3) is 0 Å². The maximum atomic E-state index is 11.4. The molecule has 0 spiro atoms. The van der Waals surface area contributed by atoms with Gasteiger partial charge in [-0.25, -0.2) is 0 Å². The number of anilines is 3. The fraction of sp³-hybridized carbons (Fsp3) is 0.500. The molecule has 0 radical (unpaired) electrons. The van der Waals surface area contributed by atoms with Crippen molar-refractivity contribution in [3.8, 4) is 0 Å². The minimum absolute atomic E-state index is 0.0837. The van der Waals surface area contributed by atoms with Crippen molar-refractivity contribution in [1.82, 2.24) is 0 Å². The second kappa shape index (κ2) is 8.61. The number of nitrogens with zero attached hydrogens (tertiary/aromatic N) is 3. The standard InChI is InChI=1S/C12H24N3O9P3/c1-13(2)10-4-11(14(3)7-25(16,17)18)6-12(5-10)15(8-26(19,20)21)9-27(22,23)24/h4-6H,7-9H2,1-3H3,(H2,16,17,18)(H2,19,20,21)(H2,22,23,24). The molecule has 6 N–H and O–H groups in total. The molecule has 0 atom stereocenters. The molecule has 0 bridgehead atoms. The van der Waals surface area contributed by atoms with Gasteiger partial charge in [0.1, 0.15) is 18.9 Å². The summed E-state index contributed by atoms with van der Waals surface area (Å²) in [6, 6.07) is 4.38. The molecule has 0 fully saturated rings. The second-order valence-electron chi connectivity index (χ2n) is 6.26. The molecule has 0 aliphatic carbocycles. The fourth-order valence-electron chi connectivity index (χ4n) is 2.25. The van der Waals surface area contributed by atoms with Gasteiger partial charge in [0, 0.05) is 38.2 Å². The molecule has 0 aromatic heterocycles. The lowest BCUT2D eigenvalue weighted by molar-refractivity contribution is 0.365. The van der Waals surface area contributed by atoms with Crippen LogP contribution in [-0.2, 0) is 13.7 Å². The summed E-state index contributed by atoms with van der Waals surface area (Å²) in [5.74, 6) is 0. The summed E-state index contributed by atoms with van der Waals surface area (Å²) in [4.78, 5) is 59.0. The van der Waals surface area contributed by atoms with Crippen molar-refractivity contribution in [1.29, 1.82) is 0 Å². The Hall–Kier alpha value is -0.930. The first-order valence-electron chi connectivity index (χ1n) is 7.39. The molecule has 0 saturated heterocycles. The van der Waals surface area contributed by atoms with Gasteiger partial charge in [0.25, 0.3) is 0 Å². The zero-order valence-electron chi connectivity index (χ0n) is 14.9. The highest BCUT2D eigenvalue weighted by atomic mass is 31.2. The molecule has 0 unspecified atom stereocenters. The summed E-state index contributed by atoms with van der Waals surface area (Å²) in [6.45, 7) is 0. The first kappa shape index (κ1) is 24.1. The molecule has 1 aromatic carbocycles. The maximum absolute atomic E-state index is 11.4. The highest BCUT2D eigenvalue weighted by Gasteiger charge is 2.27. The Labute approximate surface area is 156 Å². The van der Waals surface area contributed by atoms with Crippen molar-refractivity contribution in [2.24, 2.45) is 0 Å². The van der Waals surface area contributed by atoms with E-state index in [0.29, 0.717) is 11.4 Å². The molecule has 27 heavy (non-hydrogen) atoms. The zero-order chi connectivity index (χ0) is 21.2. The van der Waals surface area contributed by atoms with E-state index in [9.17, 15) is 33.3 Å². The number of hydrogen-bond donors (Lipinski definition) is 6. The van der Waals surface area contributed by atoms with E-state index in [1.807, 2.05) is 0 Å². The van der Waals surface area contributed by atoms with Crippen LogP contribution >= 0.6 is 22.8 Å². The number of rotatable bonds is 9. The molecule has 1 rings (SSSR count). The Kier molecular flexibility index (Phi) is 7.69. The Morgan fingerprint density at radius 3 is 1.41 bits per heavy atom. The Bertz CT molecular complexity index is 777. The summed E-state index contributed by atoms with van der Waals surface area (Å²) in [5.41, 5.74) is 0.878. The zero-order valence-corrected chi connectivity index (χ0v) is 17.6. The van der Waals surface area contributed by atoms with Gasteiger partial charge in [0.2, 0.25) is 0 Å². The van der Waals surface area contributed by atoms with Gasteiger partial charge >= 0.3 is 22.8 Å². The van der Waals surface area contributed by atoms with Crippen molar-refractivity contribution >= 4 is 39.8 Å². The van der Waals surface area contributed by atoms with Gasteiger partial charge in [-0.2, -0.15) is 0 Å². The highest BCUT2D eigenvalue weighted by Crippen LogP contribution is 2.44. The average Bonchev–Trinajstić information content (AvgIpc) is 2.41. The lowest BCUT2D eigenvalue weighted by Crippen LogP contribution is -2.27. The predicted octanol–water partition coefficient (Wildman–Crippen LogP) is 0.401. The predicted molar refractivity (Wildman–Crippen MR) is 102 cm³/mol. The van der Waals surface area contributed by atoms with Gasteiger partial charge < -0.3 is 44.1 Å². The van der Waals surface area contributed by atoms with E-state index >= 15 is 0 Å². The lowest BCUT2D eigenvalue weighted by atomic mass is 10.2. The van der Waals surface area contributed by atoms with E-state index in [-0.39, 0.29) is 5.69 Å². The third-order valence-electron chi connectivity index (χ3n) is 3.32. The van der Waals surface area contributed by atoms with Crippen LogP contribution in [0.15, 0.2) is 18.2 Å². The fourth-order valence-corrected chi connectivity index (χ4v) is 4.54. The molecule has 0 amide bonds. The molecular formula is C12H24N3O9P3. The van der Waals surface area contributed by atoms with Crippen LogP contribution in [0.2, 0.25) is 0 Å². The van der Waals surface area contributed by atoms with Crippen molar-refractivity contribution in [3.05, 3.63) is 18.2 Å². The summed E-state index contributed by atoms with van der Waals surface area (Å²) < 4.78 is 34.1. The van der Waals surface area contributed by atoms with Crippen LogP contribution in [0.4, 0.5) is 17.1 Å². The Balaban J connectivity index is 3.45. The van der Waals surface area contributed by atoms with Crippen molar-refractivity contribution in [2.75, 3.05) is 54.7 Å². The van der Waals surface area contributed by atoms with Crippen LogP contribution in [0.5, 0.6) is 0 Å². The first-order chi connectivity index (χ1) is 12.0. The van der Waals surface area contributed by atoms with Crippen LogP contribution < -0.4 is 14.7 Å². The number of hydrogen-bond acceptors (Lipinski definition) is 6. The minimum atomic E-state index is -4.65. The largest absolute Gasteiger partial charge is 0.378 e. The van der Waals surface area contributed by atoms with Crippen molar-refractivity contribution in [3.63, 3.8) is 0 Å². The van der Waals surface area contributed by atoms with Gasteiger partial charge in [-0.15, -0.1) is 0 Å². The highest BCUT2D eigenvalue weighted by molar-refractivity contribution is 7.53. The van der Waals surface area contributed by atoms with Gasteiger partial charge in [0.15, 0.2) is 0 Å². The van der Waals surface area contributed by atoms with Gasteiger partial charge in [0.05, 0.1) is 0 Å². The quantitative estimate of drug-likeness (QED) is 0.287. The molecule has 0 aliphatic heterocycles. The minimum Gasteiger partial charge on any atom is -0.378 e. The average molecular weight is 447 g/mol. The monoisotopic (exact) mass is 447 g/mol. The van der Waals surface area contributed by atoms with E-state index in [2.05, 4.69) is 0 Å². The normalized spacial score (nSPS) is 12.8. The Morgan fingerprint density at radius 1 is 0.667 bits per heavy atom. The second-order valence-corrected chi connectivity index (χ2v) is 11.1. The summed E-state index contributed by atoms with van der Waals surface area (Å²) >= 11 is 0. The Morgan fingerprint density at radius 2 is 1.04 bits per heavy atom. The maximum Gasteiger partial charge on any atom is 0.344 e. The van der Waals surface area contributed by atoms with Crippen LogP contribution in [0.1, 0.15) is 0 Å². The molecule has 0 aliphatic rings. The van der Waals surface area contributed by atoms with Gasteiger partial charge in [-0.3, -0.25) is 13.7 Å². The topological polar surface area (TPSA) is 182 Å². The van der Waals surface area contributed by atoms with Crippen LogP contribution in [0.3, 0.4) is 0 Å². The smallest absolute Gasteiger partial charge is 0.344 e. The molecule has 15 heteroatoms. The third-order valence-corrected chi connectivity index (χ3v) is 5.53. The van der Waals surface area contributed by atoms with E-state index in [0.717, 1.165) is 4.90 Å². The summed E-state index contributed by atoms with van der Waals surface area (Å²) in [6.07, 6.45) is -2.48. The van der Waals surface area contributed by atoms with Crippen LogP contribution in [0, 0.1) is 0 Å². The van der Waals surface area contributed by atoms with Gasteiger partial charge in [-0.05, 0) is 18.2 Å². The summed E-state index contributed by atoms with van der Waals surface area (Å²) in [5, 5.41) is 0.